The lowest BCUT2D eigenvalue weighted by Gasteiger charge is -2.15. The Hall–Kier alpha value is -1.87. The number of thiophene rings is 1. The van der Waals surface area contributed by atoms with E-state index in [1.54, 1.807) is 0 Å². The van der Waals surface area contributed by atoms with Crippen LogP contribution in [0.2, 0.25) is 0 Å². The lowest BCUT2D eigenvalue weighted by Crippen LogP contribution is -2.41. The van der Waals surface area contributed by atoms with Crippen molar-refractivity contribution < 1.29 is 23.9 Å². The van der Waals surface area contributed by atoms with Crippen molar-refractivity contribution in [1.29, 1.82) is 0 Å². The fourth-order valence-electron chi connectivity index (χ4n) is 2.73. The normalized spacial score (nSPS) is 17.6. The Bertz CT molecular complexity index is 693. The summed E-state index contributed by atoms with van der Waals surface area (Å²) in [6.07, 6.45) is 2.16. The van der Waals surface area contributed by atoms with Gasteiger partial charge in [-0.3, -0.25) is 19.3 Å². The Balaban J connectivity index is 1.44. The third-order valence-corrected chi connectivity index (χ3v) is 6.15. The standard InChI is InChI=1S/C16H18N2O5S2/c1-9(14(20)17-5-6-18-13(19)8-24-16(18)22)23-15(21)12-7-10-3-2-4-11(10)25-12/h7,9H,2-6,8H2,1H3,(H,17,20)/t9-/m0/s1. The number of thioether (sulfide) groups is 1. The molecule has 0 spiro atoms. The predicted octanol–water partition coefficient (Wildman–Crippen LogP) is 1.59. The first-order valence-electron chi connectivity index (χ1n) is 8.03. The number of nitrogens with zero attached hydrogens (tertiary/aromatic N) is 1. The average Bonchev–Trinajstić information content (AvgIpc) is 3.24. The maximum atomic E-state index is 12.1. The molecule has 3 amide bonds. The van der Waals surface area contributed by atoms with Gasteiger partial charge in [0.05, 0.1) is 5.75 Å². The topological polar surface area (TPSA) is 92.8 Å². The molecule has 3 rings (SSSR count). The fraction of sp³-hybridized carbons (Fsp3) is 0.500. The first-order chi connectivity index (χ1) is 12.0. The third-order valence-electron chi connectivity index (χ3n) is 4.08. The highest BCUT2D eigenvalue weighted by atomic mass is 32.2. The maximum Gasteiger partial charge on any atom is 0.349 e. The predicted molar refractivity (Wildman–Crippen MR) is 93.8 cm³/mol. The highest BCUT2D eigenvalue weighted by Crippen LogP contribution is 2.31. The Morgan fingerprint density at radius 2 is 2.16 bits per heavy atom. The molecule has 1 aliphatic carbocycles. The van der Waals surface area contributed by atoms with Crippen LogP contribution in [-0.4, -0.2) is 52.9 Å². The minimum absolute atomic E-state index is 0.120. The van der Waals surface area contributed by atoms with Crippen molar-refractivity contribution in [3.8, 4) is 0 Å². The molecule has 1 saturated heterocycles. The number of carbonyl (C=O) groups excluding carboxylic acids is 4. The zero-order chi connectivity index (χ0) is 18.0. The van der Waals surface area contributed by atoms with Crippen LogP contribution < -0.4 is 5.32 Å². The molecule has 1 aromatic heterocycles. The highest BCUT2D eigenvalue weighted by Gasteiger charge is 2.29. The van der Waals surface area contributed by atoms with E-state index in [9.17, 15) is 19.2 Å². The van der Waals surface area contributed by atoms with Gasteiger partial charge in [-0.1, -0.05) is 11.8 Å². The summed E-state index contributed by atoms with van der Waals surface area (Å²) in [6.45, 7) is 1.75. The van der Waals surface area contributed by atoms with E-state index in [4.69, 9.17) is 4.74 Å². The van der Waals surface area contributed by atoms with Crippen LogP contribution in [0.3, 0.4) is 0 Å². The number of esters is 1. The van der Waals surface area contributed by atoms with E-state index in [0.29, 0.717) is 4.88 Å². The monoisotopic (exact) mass is 382 g/mol. The van der Waals surface area contributed by atoms with Crippen LogP contribution in [0, 0.1) is 0 Å². The summed E-state index contributed by atoms with van der Waals surface area (Å²) in [7, 11) is 0. The van der Waals surface area contributed by atoms with Crippen molar-refractivity contribution in [1.82, 2.24) is 10.2 Å². The van der Waals surface area contributed by atoms with Crippen molar-refractivity contribution in [3.63, 3.8) is 0 Å². The quantitative estimate of drug-likeness (QED) is 0.751. The molecule has 2 aliphatic rings. The van der Waals surface area contributed by atoms with Crippen LogP contribution in [0.15, 0.2) is 6.07 Å². The largest absolute Gasteiger partial charge is 0.448 e. The van der Waals surface area contributed by atoms with Gasteiger partial charge >= 0.3 is 5.97 Å². The summed E-state index contributed by atoms with van der Waals surface area (Å²) in [4.78, 5) is 49.9. The van der Waals surface area contributed by atoms with Crippen LogP contribution in [0.25, 0.3) is 0 Å². The second kappa shape index (κ2) is 7.57. The van der Waals surface area contributed by atoms with E-state index in [2.05, 4.69) is 5.32 Å². The van der Waals surface area contributed by atoms with Gasteiger partial charge in [0.1, 0.15) is 4.88 Å². The van der Waals surface area contributed by atoms with Gasteiger partial charge in [0.25, 0.3) is 11.1 Å². The van der Waals surface area contributed by atoms with Crippen molar-refractivity contribution in [3.05, 3.63) is 21.4 Å². The number of rotatable bonds is 6. The molecule has 25 heavy (non-hydrogen) atoms. The van der Waals surface area contributed by atoms with Crippen LogP contribution in [0.4, 0.5) is 4.79 Å². The van der Waals surface area contributed by atoms with Crippen molar-refractivity contribution >= 4 is 46.1 Å². The molecule has 0 unspecified atom stereocenters. The molecular weight excluding hydrogens is 364 g/mol. The number of hydrogen-bond acceptors (Lipinski definition) is 7. The Labute approximate surface area is 153 Å². The Kier molecular flexibility index (Phi) is 5.43. The number of carbonyl (C=O) groups is 4. The van der Waals surface area contributed by atoms with Crippen molar-refractivity contribution in [2.24, 2.45) is 0 Å². The number of nitrogens with one attached hydrogen (secondary N) is 1. The fourth-order valence-corrected chi connectivity index (χ4v) is 4.62. The summed E-state index contributed by atoms with van der Waals surface area (Å²) in [5, 5.41) is 2.28. The number of ether oxygens (including phenoxy) is 1. The lowest BCUT2D eigenvalue weighted by molar-refractivity contribution is -0.130. The molecule has 1 aliphatic heterocycles. The summed E-state index contributed by atoms with van der Waals surface area (Å²) in [5.74, 6) is -1.06. The van der Waals surface area contributed by atoms with Gasteiger partial charge in [0.15, 0.2) is 6.10 Å². The van der Waals surface area contributed by atoms with Gasteiger partial charge in [-0.15, -0.1) is 11.3 Å². The first kappa shape index (κ1) is 17.9. The molecule has 0 saturated carbocycles. The minimum Gasteiger partial charge on any atom is -0.448 e. The van der Waals surface area contributed by atoms with Gasteiger partial charge < -0.3 is 10.1 Å². The van der Waals surface area contributed by atoms with Gasteiger partial charge in [-0.2, -0.15) is 0 Å². The maximum absolute atomic E-state index is 12.1. The lowest BCUT2D eigenvalue weighted by atomic mass is 10.2. The molecule has 1 fully saturated rings. The number of amides is 3. The van der Waals surface area contributed by atoms with E-state index in [1.165, 1.54) is 28.7 Å². The van der Waals surface area contributed by atoms with Crippen LogP contribution >= 0.6 is 23.1 Å². The molecular formula is C16H18N2O5S2. The molecule has 1 atom stereocenters. The van der Waals surface area contributed by atoms with Gasteiger partial charge in [0.2, 0.25) is 5.91 Å². The first-order valence-corrected chi connectivity index (χ1v) is 9.83. The van der Waals surface area contributed by atoms with E-state index < -0.39 is 18.0 Å². The van der Waals surface area contributed by atoms with Gasteiger partial charge in [-0.05, 0) is 37.8 Å². The molecule has 134 valence electrons. The average molecular weight is 382 g/mol. The molecule has 0 radical (unpaired) electrons. The van der Waals surface area contributed by atoms with E-state index in [-0.39, 0.29) is 30.0 Å². The van der Waals surface area contributed by atoms with Crippen molar-refractivity contribution in [2.45, 2.75) is 32.3 Å². The Morgan fingerprint density at radius 3 is 2.84 bits per heavy atom. The number of fused-ring (bicyclic) bond motifs is 1. The van der Waals surface area contributed by atoms with Crippen molar-refractivity contribution in [2.75, 3.05) is 18.8 Å². The number of imide groups is 1. The molecule has 1 aromatic rings. The van der Waals surface area contributed by atoms with E-state index in [1.807, 2.05) is 6.07 Å². The van der Waals surface area contributed by atoms with E-state index >= 15 is 0 Å². The Morgan fingerprint density at radius 1 is 1.36 bits per heavy atom. The van der Waals surface area contributed by atoms with Gasteiger partial charge in [0, 0.05) is 18.0 Å². The minimum atomic E-state index is -0.941. The summed E-state index contributed by atoms with van der Waals surface area (Å²) in [5.41, 5.74) is 1.20. The SMILES string of the molecule is C[C@H](OC(=O)c1cc2c(s1)CCC2)C(=O)NCCN1C(=O)CSC1=O. The smallest absolute Gasteiger partial charge is 0.349 e. The summed E-state index contributed by atoms with van der Waals surface area (Å²) in [6, 6.07) is 1.85. The van der Waals surface area contributed by atoms with Crippen LogP contribution in [0.1, 0.15) is 33.5 Å². The second-order valence-electron chi connectivity index (χ2n) is 5.85. The summed E-state index contributed by atoms with van der Waals surface area (Å²) >= 11 is 2.38. The van der Waals surface area contributed by atoms with Crippen LogP contribution in [0.5, 0.6) is 0 Å². The highest BCUT2D eigenvalue weighted by molar-refractivity contribution is 8.14. The molecule has 9 heteroatoms. The summed E-state index contributed by atoms with van der Waals surface area (Å²) < 4.78 is 5.21. The molecule has 2 heterocycles. The molecule has 0 aromatic carbocycles. The molecule has 1 N–H and O–H groups in total. The zero-order valence-corrected chi connectivity index (χ0v) is 15.3. The van der Waals surface area contributed by atoms with Crippen LogP contribution in [-0.2, 0) is 27.2 Å². The van der Waals surface area contributed by atoms with E-state index in [0.717, 1.165) is 35.9 Å². The zero-order valence-electron chi connectivity index (χ0n) is 13.7. The number of hydrogen-bond donors (Lipinski definition) is 1. The number of aryl methyl sites for hydroxylation is 2. The third kappa shape index (κ3) is 4.04. The molecule has 7 nitrogen and oxygen atoms in total. The van der Waals surface area contributed by atoms with Gasteiger partial charge in [-0.25, -0.2) is 4.79 Å². The second-order valence-corrected chi connectivity index (χ2v) is 7.91. The molecule has 0 bridgehead atoms.